The maximum Gasteiger partial charge on any atom is 0.404 e. The van der Waals surface area contributed by atoms with E-state index in [1.807, 2.05) is 0 Å². The van der Waals surface area contributed by atoms with Crippen LogP contribution in [0.1, 0.15) is 37.8 Å². The van der Waals surface area contributed by atoms with Gasteiger partial charge in [-0.2, -0.15) is 8.78 Å². The topological polar surface area (TPSA) is 72.8 Å². The Labute approximate surface area is 127 Å². The first-order valence-electron chi connectivity index (χ1n) is 6.79. The van der Waals surface area contributed by atoms with Crippen LogP contribution >= 0.6 is 7.60 Å². The van der Waals surface area contributed by atoms with E-state index in [1.54, 1.807) is 0 Å². The van der Waals surface area contributed by atoms with Crippen molar-refractivity contribution in [3.05, 3.63) is 35.4 Å². The van der Waals surface area contributed by atoms with E-state index in [2.05, 4.69) is 0 Å². The molecule has 0 heterocycles. The molecular formula is C14H19F2O5P. The molecule has 0 aliphatic rings. The molecular weight excluding hydrogens is 317 g/mol. The first-order valence-corrected chi connectivity index (χ1v) is 8.34. The molecule has 5 nitrogen and oxygen atoms in total. The molecule has 124 valence electrons. The molecule has 0 aliphatic heterocycles. The second-order valence-electron chi connectivity index (χ2n) is 4.56. The van der Waals surface area contributed by atoms with Gasteiger partial charge < -0.3 is 14.2 Å². The summed E-state index contributed by atoms with van der Waals surface area (Å²) in [5, 5.41) is 8.90. The Morgan fingerprint density at radius 2 is 1.68 bits per heavy atom. The highest BCUT2D eigenvalue weighted by Gasteiger charge is 2.54. The molecule has 1 rings (SSSR count). The van der Waals surface area contributed by atoms with Crippen molar-refractivity contribution in [3.63, 3.8) is 0 Å². The molecule has 0 saturated heterocycles. The fourth-order valence-corrected chi connectivity index (χ4v) is 3.36. The van der Waals surface area contributed by atoms with Crippen LogP contribution in [0.5, 0.6) is 0 Å². The predicted octanol–water partition coefficient (Wildman–Crippen LogP) is 4.19. The third kappa shape index (κ3) is 3.72. The van der Waals surface area contributed by atoms with Gasteiger partial charge in [0.1, 0.15) is 0 Å². The molecule has 1 unspecified atom stereocenters. The molecule has 0 radical (unpaired) electrons. The highest BCUT2D eigenvalue weighted by molar-refractivity contribution is 7.54. The summed E-state index contributed by atoms with van der Waals surface area (Å²) < 4.78 is 50.5. The molecule has 0 bridgehead atoms. The van der Waals surface area contributed by atoms with E-state index in [9.17, 15) is 18.1 Å². The highest BCUT2D eigenvalue weighted by Crippen LogP contribution is 2.66. The average Bonchev–Trinajstić information content (AvgIpc) is 2.46. The molecule has 0 spiro atoms. The summed E-state index contributed by atoms with van der Waals surface area (Å²) in [5.41, 5.74) is -3.99. The number of alkyl halides is 2. The first kappa shape index (κ1) is 18.7. The Balaban J connectivity index is 3.16. The van der Waals surface area contributed by atoms with Gasteiger partial charge in [0.15, 0.2) is 0 Å². The van der Waals surface area contributed by atoms with Gasteiger partial charge in [-0.3, -0.25) is 9.36 Å². The third-order valence-electron chi connectivity index (χ3n) is 3.07. The Morgan fingerprint density at radius 1 is 1.23 bits per heavy atom. The lowest BCUT2D eigenvalue weighted by Crippen LogP contribution is -2.18. The van der Waals surface area contributed by atoms with E-state index >= 15 is 0 Å². The summed E-state index contributed by atoms with van der Waals surface area (Å²) in [7, 11) is -4.65. The van der Waals surface area contributed by atoms with E-state index < -0.39 is 30.7 Å². The summed E-state index contributed by atoms with van der Waals surface area (Å²) in [6.07, 6.45) is 0. The van der Waals surface area contributed by atoms with Crippen LogP contribution in [-0.4, -0.2) is 24.3 Å². The number of carboxylic acid groups (broad SMARTS) is 1. The number of hydrogen-bond acceptors (Lipinski definition) is 4. The Hall–Kier alpha value is -1.30. The Morgan fingerprint density at radius 3 is 2.05 bits per heavy atom. The molecule has 1 aromatic rings. The Bertz CT molecular complexity index is 549. The molecule has 0 amide bonds. The molecule has 1 aromatic carbocycles. The van der Waals surface area contributed by atoms with E-state index in [-0.39, 0.29) is 13.2 Å². The second-order valence-corrected chi connectivity index (χ2v) is 6.63. The van der Waals surface area contributed by atoms with Crippen molar-refractivity contribution < 1.29 is 32.3 Å². The summed E-state index contributed by atoms with van der Waals surface area (Å²) in [6, 6.07) is 4.62. The molecule has 0 saturated carbocycles. The van der Waals surface area contributed by atoms with Gasteiger partial charge in [-0.1, -0.05) is 24.3 Å². The van der Waals surface area contributed by atoms with Crippen LogP contribution in [0.3, 0.4) is 0 Å². The average molecular weight is 336 g/mol. The maximum absolute atomic E-state index is 14.4. The van der Waals surface area contributed by atoms with Gasteiger partial charge in [-0.25, -0.2) is 0 Å². The second kappa shape index (κ2) is 7.31. The van der Waals surface area contributed by atoms with Gasteiger partial charge >= 0.3 is 19.2 Å². The fourth-order valence-electron chi connectivity index (χ4n) is 1.81. The van der Waals surface area contributed by atoms with Gasteiger partial charge in [-0.15, -0.1) is 0 Å². The smallest absolute Gasteiger partial charge is 0.404 e. The number of carbonyl (C=O) groups is 1. The number of benzene rings is 1. The molecule has 0 aliphatic carbocycles. The van der Waals surface area contributed by atoms with Gasteiger partial charge in [0, 0.05) is 5.56 Å². The summed E-state index contributed by atoms with van der Waals surface area (Å²) in [4.78, 5) is 10.9. The van der Waals surface area contributed by atoms with Gasteiger partial charge in [0.25, 0.3) is 0 Å². The monoisotopic (exact) mass is 336 g/mol. The molecule has 22 heavy (non-hydrogen) atoms. The standard InChI is InChI=1S/C14H19F2O5P/c1-4-20-22(19,21-5-2)14(15,16)12-8-6-11(7-9-12)10(3)13(17)18/h6-10H,4-5H2,1-3H3,(H,17,18). The van der Waals surface area contributed by atoms with Crippen molar-refractivity contribution in [2.45, 2.75) is 32.4 Å². The number of hydrogen-bond donors (Lipinski definition) is 1. The van der Waals surface area contributed by atoms with Crippen LogP contribution in [0.4, 0.5) is 8.78 Å². The first-order chi connectivity index (χ1) is 10.2. The largest absolute Gasteiger partial charge is 0.481 e. The van der Waals surface area contributed by atoms with Crippen molar-refractivity contribution in [3.8, 4) is 0 Å². The van der Waals surface area contributed by atoms with E-state index in [1.165, 1.54) is 32.9 Å². The van der Waals surface area contributed by atoms with Crippen molar-refractivity contribution >= 4 is 13.6 Å². The lowest BCUT2D eigenvalue weighted by molar-refractivity contribution is -0.138. The van der Waals surface area contributed by atoms with Crippen molar-refractivity contribution in [2.24, 2.45) is 0 Å². The van der Waals surface area contributed by atoms with Crippen LogP contribution in [0.25, 0.3) is 0 Å². The molecule has 0 aromatic heterocycles. The SMILES string of the molecule is CCOP(=O)(OCC)C(F)(F)c1ccc(C(C)C(=O)O)cc1. The number of rotatable bonds is 8. The van der Waals surface area contributed by atoms with Crippen LogP contribution in [0.2, 0.25) is 0 Å². The molecule has 8 heteroatoms. The quantitative estimate of drug-likeness (QED) is 0.721. The summed E-state index contributed by atoms with van der Waals surface area (Å²) in [5.74, 6) is -1.89. The van der Waals surface area contributed by atoms with Gasteiger partial charge in [-0.05, 0) is 26.3 Å². The zero-order valence-electron chi connectivity index (χ0n) is 12.6. The third-order valence-corrected chi connectivity index (χ3v) is 5.21. The highest BCUT2D eigenvalue weighted by atomic mass is 31.2. The minimum atomic E-state index is -4.65. The maximum atomic E-state index is 14.4. The number of aliphatic carboxylic acids is 1. The van der Waals surface area contributed by atoms with Crippen LogP contribution < -0.4 is 0 Å². The van der Waals surface area contributed by atoms with Crippen molar-refractivity contribution in [1.82, 2.24) is 0 Å². The summed E-state index contributed by atoms with van der Waals surface area (Å²) in [6.45, 7) is 3.97. The van der Waals surface area contributed by atoms with Crippen molar-refractivity contribution in [1.29, 1.82) is 0 Å². The number of halogens is 2. The lowest BCUT2D eigenvalue weighted by Gasteiger charge is -2.26. The minimum Gasteiger partial charge on any atom is -0.481 e. The molecule has 1 N–H and O–H groups in total. The zero-order chi connectivity index (χ0) is 17.0. The van der Waals surface area contributed by atoms with Crippen LogP contribution in [-0.2, 0) is 24.1 Å². The van der Waals surface area contributed by atoms with Gasteiger partial charge in [0.05, 0.1) is 19.1 Å². The number of carboxylic acids is 1. The minimum absolute atomic E-state index is 0.180. The predicted molar refractivity (Wildman–Crippen MR) is 77.2 cm³/mol. The van der Waals surface area contributed by atoms with E-state index in [0.717, 1.165) is 12.1 Å². The lowest BCUT2D eigenvalue weighted by atomic mass is 10.0. The fraction of sp³-hybridized carbons (Fsp3) is 0.500. The molecule has 1 atom stereocenters. The van der Waals surface area contributed by atoms with E-state index in [0.29, 0.717) is 5.56 Å². The Kier molecular flexibility index (Phi) is 6.23. The van der Waals surface area contributed by atoms with Crippen LogP contribution in [0.15, 0.2) is 24.3 Å². The van der Waals surface area contributed by atoms with E-state index in [4.69, 9.17) is 14.2 Å². The van der Waals surface area contributed by atoms with Crippen molar-refractivity contribution in [2.75, 3.05) is 13.2 Å². The normalized spacial score (nSPS) is 13.9. The van der Waals surface area contributed by atoms with Gasteiger partial charge in [0.2, 0.25) is 0 Å². The molecule has 0 fully saturated rings. The summed E-state index contributed by atoms with van der Waals surface area (Å²) >= 11 is 0. The van der Waals surface area contributed by atoms with Crippen LogP contribution in [0, 0.1) is 0 Å². The zero-order valence-corrected chi connectivity index (χ0v) is 13.5.